The molecule has 0 aliphatic rings. The Kier molecular flexibility index (Phi) is 6.21. The van der Waals surface area contributed by atoms with Crippen LogP contribution in [0.5, 0.6) is 0 Å². The van der Waals surface area contributed by atoms with E-state index in [9.17, 15) is 0 Å². The van der Waals surface area contributed by atoms with Gasteiger partial charge in [-0.2, -0.15) is 0 Å². The maximum atomic E-state index is 2.50. The second kappa shape index (κ2) is 6.22. The van der Waals surface area contributed by atoms with Crippen LogP contribution in [0.25, 0.3) is 0 Å². The molecule has 0 aliphatic carbocycles. The van der Waals surface area contributed by atoms with Gasteiger partial charge >= 0.3 is 0 Å². The molecule has 0 unspecified atom stereocenters. The van der Waals surface area contributed by atoms with E-state index in [-0.39, 0.29) is 22.2 Å². The van der Waals surface area contributed by atoms with Gasteiger partial charge in [0.15, 0.2) is 0 Å². The molecule has 0 saturated carbocycles. The zero-order chi connectivity index (χ0) is 17.3. The van der Waals surface area contributed by atoms with Crippen molar-refractivity contribution in [2.45, 2.75) is 131 Å². The van der Waals surface area contributed by atoms with Crippen molar-refractivity contribution in [3.05, 3.63) is 0 Å². The molecule has 0 aliphatic heterocycles. The SMILES string of the molecule is CCC(C)(C)[N+](C(C)(C)CC)(C(C)(C)CC)C(C)(C)CC. The van der Waals surface area contributed by atoms with E-state index in [2.05, 4.69) is 83.1 Å². The normalized spacial score (nSPS) is 15.4. The van der Waals surface area contributed by atoms with Crippen LogP contribution in [0.3, 0.4) is 0 Å². The van der Waals surface area contributed by atoms with E-state index in [1.807, 2.05) is 0 Å². The summed E-state index contributed by atoms with van der Waals surface area (Å²) in [5.74, 6) is 0. The number of rotatable bonds is 8. The van der Waals surface area contributed by atoms with Crippen LogP contribution in [-0.2, 0) is 0 Å². The van der Waals surface area contributed by atoms with Crippen LogP contribution in [-0.4, -0.2) is 26.6 Å². The van der Waals surface area contributed by atoms with Crippen molar-refractivity contribution in [2.24, 2.45) is 0 Å². The highest BCUT2D eigenvalue weighted by atomic mass is 15.5. The third-order valence-corrected chi connectivity index (χ3v) is 7.09. The summed E-state index contributed by atoms with van der Waals surface area (Å²) in [5.41, 5.74) is 0.994. The van der Waals surface area contributed by atoms with E-state index < -0.39 is 0 Å². The Balaban J connectivity index is 6.85. The molecular formula is C20H44N+. The third-order valence-electron chi connectivity index (χ3n) is 7.09. The van der Waals surface area contributed by atoms with Crippen molar-refractivity contribution in [1.29, 1.82) is 0 Å². The van der Waals surface area contributed by atoms with Gasteiger partial charge in [-0.05, 0) is 81.1 Å². The zero-order valence-electron chi connectivity index (χ0n) is 17.3. The summed E-state index contributed by atoms with van der Waals surface area (Å²) in [5, 5.41) is 0. The summed E-state index contributed by atoms with van der Waals surface area (Å²) < 4.78 is 1.18. The fourth-order valence-electron chi connectivity index (χ4n) is 5.86. The fraction of sp³-hybridized carbons (Fsp3) is 1.00. The molecule has 0 amide bonds. The number of hydrogen-bond acceptors (Lipinski definition) is 0. The number of hydrogen-bond donors (Lipinski definition) is 0. The first-order valence-electron chi connectivity index (χ1n) is 9.14. The Labute approximate surface area is 136 Å². The molecule has 0 aromatic carbocycles. The predicted molar refractivity (Wildman–Crippen MR) is 97.7 cm³/mol. The molecule has 0 aromatic heterocycles. The highest BCUT2D eigenvalue weighted by molar-refractivity contribution is 4.93. The first kappa shape index (κ1) is 21.0. The molecule has 0 bridgehead atoms. The molecule has 0 radical (unpaired) electrons. The van der Waals surface area contributed by atoms with Gasteiger partial charge in [-0.3, -0.25) is 0 Å². The monoisotopic (exact) mass is 298 g/mol. The van der Waals surface area contributed by atoms with Crippen LogP contribution in [0, 0.1) is 0 Å². The molecule has 0 N–H and O–H groups in total. The summed E-state index contributed by atoms with van der Waals surface area (Å²) in [6.45, 7) is 29.5. The average Bonchev–Trinajstić information content (AvgIpc) is 2.37. The predicted octanol–water partition coefficient (Wildman–Crippen LogP) is 6.56. The molecule has 21 heavy (non-hydrogen) atoms. The Bertz CT molecular complexity index is 264. The summed E-state index contributed by atoms with van der Waals surface area (Å²) in [7, 11) is 0. The second-order valence-corrected chi connectivity index (χ2v) is 9.33. The minimum atomic E-state index is 0.249. The fourth-order valence-corrected chi connectivity index (χ4v) is 5.86. The molecule has 0 rings (SSSR count). The molecule has 128 valence electrons. The molecule has 0 heterocycles. The van der Waals surface area contributed by atoms with Crippen molar-refractivity contribution >= 4 is 0 Å². The molecule has 0 spiro atoms. The van der Waals surface area contributed by atoms with Crippen LogP contribution < -0.4 is 0 Å². The Morgan fingerprint density at radius 1 is 0.429 bits per heavy atom. The molecule has 0 aromatic rings. The Morgan fingerprint density at radius 2 is 0.571 bits per heavy atom. The minimum absolute atomic E-state index is 0.249. The second-order valence-electron chi connectivity index (χ2n) is 9.33. The Hall–Kier alpha value is -0.0400. The largest absolute Gasteiger partial charge is 0.306 e. The zero-order valence-corrected chi connectivity index (χ0v) is 17.3. The van der Waals surface area contributed by atoms with Gasteiger partial charge in [-0.1, -0.05) is 27.7 Å². The summed E-state index contributed by atoms with van der Waals surface area (Å²) in [4.78, 5) is 0. The van der Waals surface area contributed by atoms with Crippen molar-refractivity contribution in [2.75, 3.05) is 0 Å². The number of quaternary nitrogens is 1. The molecular weight excluding hydrogens is 254 g/mol. The van der Waals surface area contributed by atoms with Gasteiger partial charge in [-0.25, -0.2) is 0 Å². The van der Waals surface area contributed by atoms with Crippen LogP contribution in [0.15, 0.2) is 0 Å². The van der Waals surface area contributed by atoms with Gasteiger partial charge < -0.3 is 4.48 Å². The lowest BCUT2D eigenvalue weighted by atomic mass is 9.69. The van der Waals surface area contributed by atoms with Crippen LogP contribution in [0.2, 0.25) is 0 Å². The van der Waals surface area contributed by atoms with Gasteiger partial charge in [0, 0.05) is 0 Å². The summed E-state index contributed by atoms with van der Waals surface area (Å²) in [6, 6.07) is 0. The van der Waals surface area contributed by atoms with E-state index in [0.29, 0.717) is 0 Å². The van der Waals surface area contributed by atoms with Gasteiger partial charge in [0.25, 0.3) is 0 Å². The first-order chi connectivity index (χ1) is 9.24. The lowest BCUT2D eigenvalue weighted by Gasteiger charge is -2.72. The van der Waals surface area contributed by atoms with E-state index in [1.165, 1.54) is 30.2 Å². The van der Waals surface area contributed by atoms with Gasteiger partial charge in [0.05, 0.1) is 22.2 Å². The smallest absolute Gasteiger partial charge is 0.0944 e. The molecule has 1 heteroatoms. The van der Waals surface area contributed by atoms with Crippen molar-refractivity contribution in [3.63, 3.8) is 0 Å². The molecule has 0 atom stereocenters. The lowest BCUT2D eigenvalue weighted by molar-refractivity contribution is -1.09. The maximum Gasteiger partial charge on any atom is 0.0944 e. The van der Waals surface area contributed by atoms with Crippen molar-refractivity contribution in [1.82, 2.24) is 0 Å². The highest BCUT2D eigenvalue weighted by Gasteiger charge is 2.65. The third kappa shape index (κ3) is 2.80. The quantitative estimate of drug-likeness (QED) is 0.445. The van der Waals surface area contributed by atoms with E-state index in [4.69, 9.17) is 0 Å². The molecule has 1 nitrogen and oxygen atoms in total. The maximum absolute atomic E-state index is 2.50. The summed E-state index contributed by atoms with van der Waals surface area (Å²) >= 11 is 0. The summed E-state index contributed by atoms with van der Waals surface area (Å²) in [6.07, 6.45) is 4.85. The molecule has 0 saturated heterocycles. The van der Waals surface area contributed by atoms with Crippen LogP contribution in [0.4, 0.5) is 0 Å². The minimum Gasteiger partial charge on any atom is -0.306 e. The van der Waals surface area contributed by atoms with Gasteiger partial charge in [-0.15, -0.1) is 0 Å². The standard InChI is InChI=1S/C20H44N/c1-13-17(5,6)21(18(7,8)14-2,19(9,10)15-3)20(11,12)16-4/h13-16H2,1-12H3/q+1. The van der Waals surface area contributed by atoms with Gasteiger partial charge in [0.1, 0.15) is 0 Å². The number of nitrogens with zero attached hydrogens (tertiary/aromatic N) is 1. The van der Waals surface area contributed by atoms with Crippen LogP contribution >= 0.6 is 0 Å². The highest BCUT2D eigenvalue weighted by Crippen LogP contribution is 2.54. The average molecular weight is 299 g/mol. The van der Waals surface area contributed by atoms with Crippen LogP contribution in [0.1, 0.15) is 109 Å². The van der Waals surface area contributed by atoms with E-state index in [0.717, 1.165) is 0 Å². The van der Waals surface area contributed by atoms with Crippen molar-refractivity contribution in [3.8, 4) is 0 Å². The topological polar surface area (TPSA) is 0 Å². The van der Waals surface area contributed by atoms with E-state index in [1.54, 1.807) is 0 Å². The lowest BCUT2D eigenvalue weighted by Crippen LogP contribution is -2.84. The van der Waals surface area contributed by atoms with Gasteiger partial charge in [0.2, 0.25) is 0 Å². The molecule has 0 fully saturated rings. The van der Waals surface area contributed by atoms with E-state index >= 15 is 0 Å². The Morgan fingerprint density at radius 3 is 0.667 bits per heavy atom. The first-order valence-corrected chi connectivity index (χ1v) is 9.14. The van der Waals surface area contributed by atoms with Crippen molar-refractivity contribution < 1.29 is 4.48 Å².